The van der Waals surface area contributed by atoms with Crippen LogP contribution in [0.25, 0.3) is 0 Å². The van der Waals surface area contributed by atoms with Gasteiger partial charge in [0, 0.05) is 49.6 Å². The zero-order valence-corrected chi connectivity index (χ0v) is 20.9. The molecular weight excluding hydrogens is 527 g/mol. The summed E-state index contributed by atoms with van der Waals surface area (Å²) in [7, 11) is 0. The van der Waals surface area contributed by atoms with Gasteiger partial charge >= 0.3 is 5.70 Å². The smallest absolute Gasteiger partial charge is 0.310 e. The first-order chi connectivity index (χ1) is 17.7. The summed E-state index contributed by atoms with van der Waals surface area (Å²) in [4.78, 5) is 42.4. The SMILES string of the molecule is O=[N+]([O-])C(=CC(O)C(C1=NCCN1Cc1ccc(Cl)nc1)[N+](=O)[O-])C1=NCCN1Cc1ccc(Cl)nc1. The second-order valence-electron chi connectivity index (χ2n) is 8.30. The Hall–Kier alpha value is -3.68. The van der Waals surface area contributed by atoms with E-state index in [1.807, 2.05) is 0 Å². The van der Waals surface area contributed by atoms with Crippen molar-refractivity contribution in [3.8, 4) is 0 Å². The zero-order chi connectivity index (χ0) is 26.5. The number of hydrogen-bond donors (Lipinski definition) is 1. The highest BCUT2D eigenvalue weighted by Gasteiger charge is 2.42. The maximum Gasteiger partial charge on any atom is 0.310 e. The van der Waals surface area contributed by atoms with Gasteiger partial charge in [0.25, 0.3) is 6.04 Å². The highest BCUT2D eigenvalue weighted by Crippen LogP contribution is 2.20. The Balaban J connectivity index is 1.56. The third kappa shape index (κ3) is 6.37. The number of aliphatic hydroxyl groups excluding tert-OH is 1. The van der Waals surface area contributed by atoms with Gasteiger partial charge in [-0.05, 0) is 23.3 Å². The number of hydrogen-bond acceptors (Lipinski definition) is 11. The van der Waals surface area contributed by atoms with Gasteiger partial charge < -0.3 is 14.9 Å². The summed E-state index contributed by atoms with van der Waals surface area (Å²) < 4.78 is 0. The van der Waals surface area contributed by atoms with Crippen LogP contribution in [0.3, 0.4) is 0 Å². The average Bonchev–Trinajstić information content (AvgIpc) is 3.50. The fraction of sp³-hybridized carbons (Fsp3) is 0.364. The van der Waals surface area contributed by atoms with Crippen LogP contribution in [0.15, 0.2) is 58.4 Å². The van der Waals surface area contributed by atoms with Crippen molar-refractivity contribution >= 4 is 34.9 Å². The lowest BCUT2D eigenvalue weighted by atomic mass is 10.1. The van der Waals surface area contributed by atoms with E-state index >= 15 is 0 Å². The Morgan fingerprint density at radius 1 is 0.973 bits per heavy atom. The highest BCUT2D eigenvalue weighted by atomic mass is 35.5. The van der Waals surface area contributed by atoms with Gasteiger partial charge in [0.15, 0.2) is 11.9 Å². The van der Waals surface area contributed by atoms with Crippen molar-refractivity contribution in [1.29, 1.82) is 0 Å². The molecule has 0 saturated heterocycles. The van der Waals surface area contributed by atoms with E-state index in [2.05, 4.69) is 20.0 Å². The summed E-state index contributed by atoms with van der Waals surface area (Å²) in [5.41, 5.74) is 0.966. The van der Waals surface area contributed by atoms with E-state index in [4.69, 9.17) is 23.2 Å². The quantitative estimate of drug-likeness (QED) is 0.266. The second kappa shape index (κ2) is 11.6. The number of rotatable bonds is 10. The molecule has 2 aliphatic heterocycles. The van der Waals surface area contributed by atoms with Gasteiger partial charge in [0.05, 0.1) is 18.0 Å². The van der Waals surface area contributed by atoms with Crippen LogP contribution in [-0.4, -0.2) is 84.7 Å². The number of halogens is 2. The Kier molecular flexibility index (Phi) is 8.26. The van der Waals surface area contributed by atoms with Crippen LogP contribution in [0.2, 0.25) is 10.3 Å². The van der Waals surface area contributed by atoms with E-state index in [9.17, 15) is 25.3 Å². The molecule has 2 atom stereocenters. The van der Waals surface area contributed by atoms with Crippen molar-refractivity contribution < 1.29 is 15.0 Å². The molecule has 0 aliphatic carbocycles. The summed E-state index contributed by atoms with van der Waals surface area (Å²) in [6.07, 6.45) is 2.13. The van der Waals surface area contributed by atoms with Crippen molar-refractivity contribution in [2.24, 2.45) is 9.98 Å². The van der Waals surface area contributed by atoms with Gasteiger partial charge in [0.1, 0.15) is 10.3 Å². The van der Waals surface area contributed by atoms with Crippen molar-refractivity contribution in [3.63, 3.8) is 0 Å². The molecule has 0 saturated carbocycles. The lowest BCUT2D eigenvalue weighted by molar-refractivity contribution is -0.513. The molecule has 0 fully saturated rings. The number of amidine groups is 2. The molecule has 0 bridgehead atoms. The van der Waals surface area contributed by atoms with E-state index in [1.54, 1.807) is 46.5 Å². The first-order valence-corrected chi connectivity index (χ1v) is 12.0. The van der Waals surface area contributed by atoms with E-state index in [1.165, 1.54) is 0 Å². The van der Waals surface area contributed by atoms with Crippen molar-refractivity contribution in [1.82, 2.24) is 19.8 Å². The van der Waals surface area contributed by atoms with Crippen LogP contribution in [0, 0.1) is 20.2 Å². The number of aliphatic hydroxyl groups is 1. The van der Waals surface area contributed by atoms with Gasteiger partial charge in [0.2, 0.25) is 5.84 Å². The van der Waals surface area contributed by atoms with E-state index in [0.717, 1.165) is 17.2 Å². The monoisotopic (exact) mass is 548 g/mol. The van der Waals surface area contributed by atoms with Gasteiger partial charge in [-0.3, -0.25) is 30.2 Å². The molecule has 2 unspecified atom stereocenters. The summed E-state index contributed by atoms with van der Waals surface area (Å²) in [5, 5.41) is 35.5. The fourth-order valence-electron chi connectivity index (χ4n) is 4.10. The molecular formula is C22H22Cl2N8O5. The van der Waals surface area contributed by atoms with Gasteiger partial charge in [-0.25, -0.2) is 9.97 Å². The van der Waals surface area contributed by atoms with Crippen LogP contribution < -0.4 is 0 Å². The van der Waals surface area contributed by atoms with Crippen LogP contribution in [-0.2, 0) is 13.1 Å². The molecule has 2 aromatic rings. The van der Waals surface area contributed by atoms with E-state index in [0.29, 0.717) is 29.9 Å². The lowest BCUT2D eigenvalue weighted by Gasteiger charge is -2.24. The molecule has 0 radical (unpaired) electrons. The Bertz CT molecular complexity index is 1250. The maximum atomic E-state index is 12.0. The number of aliphatic imine (C=N–C) groups is 2. The number of aromatic nitrogens is 2. The lowest BCUT2D eigenvalue weighted by Crippen LogP contribution is -2.47. The van der Waals surface area contributed by atoms with Crippen LogP contribution >= 0.6 is 23.2 Å². The number of pyridine rings is 2. The summed E-state index contributed by atoms with van der Waals surface area (Å²) in [6.45, 7) is 1.88. The molecule has 0 aromatic carbocycles. The van der Waals surface area contributed by atoms with Crippen molar-refractivity contribution in [3.05, 3.63) is 90.1 Å². The predicted octanol–water partition coefficient (Wildman–Crippen LogP) is 2.08. The first-order valence-electron chi connectivity index (χ1n) is 11.2. The van der Waals surface area contributed by atoms with Crippen LogP contribution in [0.5, 0.6) is 0 Å². The molecule has 0 amide bonds. The highest BCUT2D eigenvalue weighted by molar-refractivity contribution is 6.29. The minimum atomic E-state index is -1.83. The molecule has 2 aromatic heterocycles. The molecule has 15 heteroatoms. The molecule has 13 nitrogen and oxygen atoms in total. The third-order valence-electron chi connectivity index (χ3n) is 5.79. The standard InChI is InChI=1S/C22H22Cl2N8O5/c23-18-3-1-14(10-27-18)12-29-7-5-25-21(29)16(31(34)35)9-17(33)20(32(36)37)22-26-6-8-30(22)13-15-2-4-19(24)28-11-15/h1-4,9-11,17,20,33H,5-8,12-13H2. The van der Waals surface area contributed by atoms with E-state index < -0.39 is 27.7 Å². The van der Waals surface area contributed by atoms with E-state index in [-0.39, 0.29) is 31.3 Å². The van der Waals surface area contributed by atoms with Crippen molar-refractivity contribution in [2.75, 3.05) is 26.2 Å². The zero-order valence-electron chi connectivity index (χ0n) is 19.4. The van der Waals surface area contributed by atoms with Crippen LogP contribution in [0.4, 0.5) is 0 Å². The fourth-order valence-corrected chi connectivity index (χ4v) is 4.33. The topological polar surface area (TPSA) is 163 Å². The Morgan fingerprint density at radius 2 is 1.54 bits per heavy atom. The third-order valence-corrected chi connectivity index (χ3v) is 6.24. The number of nitrogens with zero attached hydrogens (tertiary/aromatic N) is 8. The molecule has 0 spiro atoms. The molecule has 194 valence electrons. The minimum absolute atomic E-state index is 0.0264. The van der Waals surface area contributed by atoms with Gasteiger partial charge in [-0.1, -0.05) is 35.3 Å². The number of nitro groups is 2. The van der Waals surface area contributed by atoms with Crippen molar-refractivity contribution in [2.45, 2.75) is 25.2 Å². The van der Waals surface area contributed by atoms with Crippen LogP contribution in [0.1, 0.15) is 11.1 Å². The summed E-state index contributed by atoms with van der Waals surface area (Å²) in [5.74, 6) is 0.0578. The Morgan fingerprint density at radius 3 is 2.08 bits per heavy atom. The molecule has 2 aliphatic rings. The first kappa shape index (κ1) is 26.4. The van der Waals surface area contributed by atoms with Gasteiger partial charge in [-0.2, -0.15) is 0 Å². The molecule has 37 heavy (non-hydrogen) atoms. The second-order valence-corrected chi connectivity index (χ2v) is 9.07. The van der Waals surface area contributed by atoms with Gasteiger partial charge in [-0.15, -0.1) is 0 Å². The normalized spacial score (nSPS) is 17.4. The predicted molar refractivity (Wildman–Crippen MR) is 136 cm³/mol. The molecule has 4 rings (SSSR count). The Labute approximate surface area is 221 Å². The maximum absolute atomic E-state index is 12.0. The summed E-state index contributed by atoms with van der Waals surface area (Å²) in [6, 6.07) is 4.96. The summed E-state index contributed by atoms with van der Waals surface area (Å²) >= 11 is 11.7. The molecule has 4 heterocycles. The largest absolute Gasteiger partial charge is 0.381 e. The molecule has 1 N–H and O–H groups in total. The minimum Gasteiger partial charge on any atom is -0.381 e. The average molecular weight is 549 g/mol.